The molecule has 2 heterocycles. The van der Waals surface area contributed by atoms with Crippen molar-refractivity contribution < 1.29 is 9.18 Å². The first kappa shape index (κ1) is 15.0. The van der Waals surface area contributed by atoms with Crippen molar-refractivity contribution in [1.82, 2.24) is 14.5 Å². The number of imidazole rings is 1. The Balaban J connectivity index is 1.60. The molecule has 5 nitrogen and oxygen atoms in total. The standard InChI is InChI=1S/C19H13FN4O/c20-15-4-1-2-5-16(15)23-19(25)13-7-9-14(10-8-13)24-12-22-17-6-3-11-21-18(17)24/h1-12H,(H,23,25). The fourth-order valence-corrected chi connectivity index (χ4v) is 2.57. The van der Waals surface area contributed by atoms with Gasteiger partial charge in [-0.3, -0.25) is 9.36 Å². The van der Waals surface area contributed by atoms with Crippen molar-refractivity contribution in [3.63, 3.8) is 0 Å². The molecule has 1 N–H and O–H groups in total. The van der Waals surface area contributed by atoms with Crippen molar-refractivity contribution in [2.24, 2.45) is 0 Å². The lowest BCUT2D eigenvalue weighted by Crippen LogP contribution is -2.13. The van der Waals surface area contributed by atoms with Gasteiger partial charge in [0.05, 0.1) is 5.69 Å². The second kappa shape index (κ2) is 6.16. The first-order valence-electron chi connectivity index (χ1n) is 7.67. The number of para-hydroxylation sites is 1. The van der Waals surface area contributed by atoms with Gasteiger partial charge in [-0.05, 0) is 48.5 Å². The monoisotopic (exact) mass is 332 g/mol. The van der Waals surface area contributed by atoms with Gasteiger partial charge in [0.15, 0.2) is 5.65 Å². The molecule has 2 aromatic carbocycles. The lowest BCUT2D eigenvalue weighted by atomic mass is 10.2. The number of pyridine rings is 1. The van der Waals surface area contributed by atoms with Crippen LogP contribution in [0.5, 0.6) is 0 Å². The van der Waals surface area contributed by atoms with E-state index in [1.807, 2.05) is 16.7 Å². The molecule has 0 bridgehead atoms. The van der Waals surface area contributed by atoms with Gasteiger partial charge in [-0.1, -0.05) is 12.1 Å². The largest absolute Gasteiger partial charge is 0.319 e. The van der Waals surface area contributed by atoms with E-state index >= 15 is 0 Å². The molecule has 25 heavy (non-hydrogen) atoms. The normalized spacial score (nSPS) is 10.8. The average molecular weight is 332 g/mol. The van der Waals surface area contributed by atoms with Crippen molar-refractivity contribution in [2.75, 3.05) is 5.32 Å². The third kappa shape index (κ3) is 2.85. The van der Waals surface area contributed by atoms with Gasteiger partial charge < -0.3 is 5.32 Å². The number of aromatic nitrogens is 3. The fraction of sp³-hybridized carbons (Fsp3) is 0. The van der Waals surface area contributed by atoms with Crippen LogP contribution >= 0.6 is 0 Å². The number of benzene rings is 2. The van der Waals surface area contributed by atoms with E-state index in [9.17, 15) is 9.18 Å². The van der Waals surface area contributed by atoms with Crippen LogP contribution in [0.3, 0.4) is 0 Å². The quantitative estimate of drug-likeness (QED) is 0.620. The predicted octanol–water partition coefficient (Wildman–Crippen LogP) is 3.81. The Bertz CT molecular complexity index is 1060. The summed E-state index contributed by atoms with van der Waals surface area (Å²) in [5.41, 5.74) is 2.96. The van der Waals surface area contributed by atoms with Gasteiger partial charge >= 0.3 is 0 Å². The van der Waals surface area contributed by atoms with Crippen LogP contribution in [-0.4, -0.2) is 20.4 Å². The first-order valence-corrected chi connectivity index (χ1v) is 7.67. The molecule has 2 aromatic heterocycles. The third-order valence-corrected chi connectivity index (χ3v) is 3.84. The Labute approximate surface area is 142 Å². The Kier molecular flexibility index (Phi) is 3.70. The van der Waals surface area contributed by atoms with E-state index in [-0.39, 0.29) is 11.6 Å². The molecule has 122 valence electrons. The number of nitrogens with zero attached hydrogens (tertiary/aromatic N) is 3. The molecule has 0 aliphatic heterocycles. The minimum absolute atomic E-state index is 0.154. The molecule has 0 unspecified atom stereocenters. The Hall–Kier alpha value is -3.54. The SMILES string of the molecule is O=C(Nc1ccccc1F)c1ccc(-n2cnc3cccnc32)cc1. The van der Waals surface area contributed by atoms with Gasteiger partial charge in [0, 0.05) is 17.4 Å². The van der Waals surface area contributed by atoms with Crippen molar-refractivity contribution in [3.05, 3.63) is 84.6 Å². The van der Waals surface area contributed by atoms with E-state index in [0.29, 0.717) is 5.56 Å². The summed E-state index contributed by atoms with van der Waals surface area (Å²) in [5.74, 6) is -0.839. The second-order valence-corrected chi connectivity index (χ2v) is 5.44. The molecule has 0 saturated heterocycles. The van der Waals surface area contributed by atoms with Crippen LogP contribution in [-0.2, 0) is 0 Å². The van der Waals surface area contributed by atoms with Crippen LogP contribution in [0, 0.1) is 5.82 Å². The molecule has 0 radical (unpaired) electrons. The van der Waals surface area contributed by atoms with Crippen LogP contribution in [0.1, 0.15) is 10.4 Å². The summed E-state index contributed by atoms with van der Waals surface area (Å²) in [6.45, 7) is 0. The van der Waals surface area contributed by atoms with Crippen LogP contribution in [0.2, 0.25) is 0 Å². The van der Waals surface area contributed by atoms with E-state index in [0.717, 1.165) is 16.9 Å². The number of hydrogen-bond acceptors (Lipinski definition) is 3. The smallest absolute Gasteiger partial charge is 0.255 e. The van der Waals surface area contributed by atoms with Crippen molar-refractivity contribution >= 4 is 22.8 Å². The van der Waals surface area contributed by atoms with E-state index < -0.39 is 5.82 Å². The molecule has 0 spiro atoms. The number of anilines is 1. The number of amides is 1. The molecule has 0 aliphatic carbocycles. The minimum Gasteiger partial charge on any atom is -0.319 e. The number of halogens is 1. The maximum atomic E-state index is 13.6. The van der Waals surface area contributed by atoms with E-state index in [1.165, 1.54) is 12.1 Å². The summed E-state index contributed by atoms with van der Waals surface area (Å²) in [6.07, 6.45) is 3.39. The molecule has 6 heteroatoms. The van der Waals surface area contributed by atoms with E-state index in [4.69, 9.17) is 0 Å². The molecular weight excluding hydrogens is 319 g/mol. The predicted molar refractivity (Wildman–Crippen MR) is 93.2 cm³/mol. The van der Waals surface area contributed by atoms with E-state index in [1.54, 1.807) is 48.9 Å². The average Bonchev–Trinajstić information content (AvgIpc) is 3.08. The molecule has 0 saturated carbocycles. The molecule has 0 fully saturated rings. The number of carbonyl (C=O) groups excluding carboxylic acids is 1. The van der Waals surface area contributed by atoms with Gasteiger partial charge in [-0.25, -0.2) is 14.4 Å². The zero-order chi connectivity index (χ0) is 17.2. The van der Waals surface area contributed by atoms with Crippen molar-refractivity contribution in [1.29, 1.82) is 0 Å². The summed E-state index contributed by atoms with van der Waals surface area (Å²) in [4.78, 5) is 20.9. The van der Waals surface area contributed by atoms with Crippen LogP contribution in [0.25, 0.3) is 16.9 Å². The number of rotatable bonds is 3. The van der Waals surface area contributed by atoms with Gasteiger partial charge in [-0.15, -0.1) is 0 Å². The lowest BCUT2D eigenvalue weighted by Gasteiger charge is -2.08. The topological polar surface area (TPSA) is 59.8 Å². The van der Waals surface area contributed by atoms with Crippen LogP contribution in [0.4, 0.5) is 10.1 Å². The zero-order valence-electron chi connectivity index (χ0n) is 13.1. The van der Waals surface area contributed by atoms with Gasteiger partial charge in [0.1, 0.15) is 17.7 Å². The van der Waals surface area contributed by atoms with E-state index in [2.05, 4.69) is 15.3 Å². The van der Waals surface area contributed by atoms with Gasteiger partial charge in [0.2, 0.25) is 0 Å². The lowest BCUT2D eigenvalue weighted by molar-refractivity contribution is 0.102. The maximum Gasteiger partial charge on any atom is 0.255 e. The summed E-state index contributed by atoms with van der Waals surface area (Å²) in [5, 5.41) is 2.56. The number of fused-ring (bicyclic) bond motifs is 1. The molecule has 1 amide bonds. The second-order valence-electron chi connectivity index (χ2n) is 5.44. The molecular formula is C19H13FN4O. The molecule has 0 aliphatic rings. The summed E-state index contributed by atoms with van der Waals surface area (Å²) in [7, 11) is 0. The highest BCUT2D eigenvalue weighted by Crippen LogP contribution is 2.18. The van der Waals surface area contributed by atoms with Crippen LogP contribution < -0.4 is 5.32 Å². The number of nitrogens with one attached hydrogen (secondary N) is 1. The van der Waals surface area contributed by atoms with Crippen molar-refractivity contribution in [2.45, 2.75) is 0 Å². The maximum absolute atomic E-state index is 13.6. The highest BCUT2D eigenvalue weighted by Gasteiger charge is 2.10. The number of hydrogen-bond donors (Lipinski definition) is 1. The third-order valence-electron chi connectivity index (χ3n) is 3.84. The zero-order valence-corrected chi connectivity index (χ0v) is 13.1. The molecule has 4 aromatic rings. The molecule has 4 rings (SSSR count). The highest BCUT2D eigenvalue weighted by molar-refractivity contribution is 6.04. The highest BCUT2D eigenvalue weighted by atomic mass is 19.1. The van der Waals surface area contributed by atoms with Gasteiger partial charge in [-0.2, -0.15) is 0 Å². The Morgan fingerprint density at radius 1 is 0.960 bits per heavy atom. The van der Waals surface area contributed by atoms with Crippen molar-refractivity contribution in [3.8, 4) is 5.69 Å². The number of carbonyl (C=O) groups is 1. The summed E-state index contributed by atoms with van der Waals surface area (Å²) >= 11 is 0. The fourth-order valence-electron chi connectivity index (χ4n) is 2.57. The Morgan fingerprint density at radius 2 is 1.76 bits per heavy atom. The van der Waals surface area contributed by atoms with Gasteiger partial charge in [0.25, 0.3) is 5.91 Å². The first-order chi connectivity index (χ1) is 12.2. The summed E-state index contributed by atoms with van der Waals surface area (Å²) < 4.78 is 15.5. The molecule has 0 atom stereocenters. The van der Waals surface area contributed by atoms with Crippen LogP contribution in [0.15, 0.2) is 73.2 Å². The summed E-state index contributed by atoms with van der Waals surface area (Å²) in [6, 6.07) is 16.7. The Morgan fingerprint density at radius 3 is 2.56 bits per heavy atom. The minimum atomic E-state index is -0.469.